The smallest absolute Gasteiger partial charge is 0.249 e. The van der Waals surface area contributed by atoms with Gasteiger partial charge in [-0.15, -0.1) is 0 Å². The molecule has 0 aromatic rings. The zero-order valence-corrected chi connectivity index (χ0v) is 5.56. The zero-order valence-electron chi connectivity index (χ0n) is 5.56. The number of rotatable bonds is 2. The average molecular weight is 148 g/mol. The lowest BCUT2D eigenvalue weighted by molar-refractivity contribution is -0.0963. The lowest BCUT2D eigenvalue weighted by atomic mass is 9.81. The minimum Gasteiger partial charge on any atom is -0.392 e. The Morgan fingerprint density at radius 3 is 2.50 bits per heavy atom. The Balaban J connectivity index is 2.20. The van der Waals surface area contributed by atoms with Crippen molar-refractivity contribution < 1.29 is 13.9 Å². The summed E-state index contributed by atoms with van der Waals surface area (Å²) in [6, 6.07) is 0. The molecule has 0 spiro atoms. The van der Waals surface area contributed by atoms with Gasteiger partial charge in [0.15, 0.2) is 0 Å². The molecule has 0 amide bonds. The molecule has 1 fully saturated rings. The summed E-state index contributed by atoms with van der Waals surface area (Å²) < 4.78 is 24.2. The molecule has 3 heteroatoms. The fourth-order valence-corrected chi connectivity index (χ4v) is 1.10. The van der Waals surface area contributed by atoms with E-state index < -0.39 is 5.92 Å². The number of allylic oxidation sites excluding steroid dienone is 1. The highest BCUT2D eigenvalue weighted by Crippen LogP contribution is 2.42. The molecule has 1 nitrogen and oxygen atoms in total. The lowest BCUT2D eigenvalue weighted by Crippen LogP contribution is -2.34. The standard InChI is InChI=1S/C7H10F2O/c8-7(9)4-6(5-7)2-1-3-10/h1-2,6,10H,3-5H2/b2-1+. The average Bonchev–Trinajstić information content (AvgIpc) is 1.78. The molecule has 0 radical (unpaired) electrons. The third kappa shape index (κ3) is 1.77. The van der Waals surface area contributed by atoms with E-state index in [-0.39, 0.29) is 25.4 Å². The molecule has 0 atom stereocenters. The van der Waals surface area contributed by atoms with E-state index >= 15 is 0 Å². The predicted octanol–water partition coefficient (Wildman–Crippen LogP) is 1.58. The molecular weight excluding hydrogens is 138 g/mol. The van der Waals surface area contributed by atoms with E-state index in [0.717, 1.165) is 0 Å². The van der Waals surface area contributed by atoms with Crippen molar-refractivity contribution in [1.82, 2.24) is 0 Å². The second kappa shape index (κ2) is 2.66. The fourth-order valence-electron chi connectivity index (χ4n) is 1.10. The van der Waals surface area contributed by atoms with Gasteiger partial charge in [-0.25, -0.2) is 8.78 Å². The van der Waals surface area contributed by atoms with Crippen LogP contribution in [0.3, 0.4) is 0 Å². The monoisotopic (exact) mass is 148 g/mol. The second-order valence-corrected chi connectivity index (χ2v) is 2.64. The largest absolute Gasteiger partial charge is 0.392 e. The first-order chi connectivity index (χ1) is 4.64. The van der Waals surface area contributed by atoms with Crippen LogP contribution < -0.4 is 0 Å². The van der Waals surface area contributed by atoms with Crippen molar-refractivity contribution >= 4 is 0 Å². The van der Waals surface area contributed by atoms with Gasteiger partial charge in [0.2, 0.25) is 5.92 Å². The number of alkyl halides is 2. The summed E-state index contributed by atoms with van der Waals surface area (Å²) in [6.07, 6.45) is 3.06. The minimum atomic E-state index is -2.44. The molecule has 0 aromatic heterocycles. The zero-order chi connectivity index (χ0) is 7.61. The van der Waals surface area contributed by atoms with Crippen LogP contribution in [-0.4, -0.2) is 17.6 Å². The summed E-state index contributed by atoms with van der Waals surface area (Å²) in [5.74, 6) is -2.45. The Hall–Kier alpha value is -0.440. The molecule has 1 N–H and O–H groups in total. The number of aliphatic hydroxyl groups is 1. The molecule has 0 bridgehead atoms. The van der Waals surface area contributed by atoms with Crippen molar-refractivity contribution in [2.75, 3.05) is 6.61 Å². The molecule has 0 aromatic carbocycles. The van der Waals surface area contributed by atoms with Crippen LogP contribution in [0.25, 0.3) is 0 Å². The van der Waals surface area contributed by atoms with Crippen LogP contribution in [0.1, 0.15) is 12.8 Å². The van der Waals surface area contributed by atoms with Gasteiger partial charge in [-0.1, -0.05) is 12.2 Å². The Kier molecular flexibility index (Phi) is 2.04. The Labute approximate surface area is 58.4 Å². The minimum absolute atomic E-state index is 0.0119. The van der Waals surface area contributed by atoms with E-state index in [2.05, 4.69) is 0 Å². The maximum Gasteiger partial charge on any atom is 0.249 e. The van der Waals surface area contributed by atoms with Crippen molar-refractivity contribution in [1.29, 1.82) is 0 Å². The molecule has 58 valence electrons. The predicted molar refractivity (Wildman–Crippen MR) is 33.9 cm³/mol. The van der Waals surface area contributed by atoms with Gasteiger partial charge in [-0.2, -0.15) is 0 Å². The second-order valence-electron chi connectivity index (χ2n) is 2.64. The third-order valence-electron chi connectivity index (χ3n) is 1.64. The van der Waals surface area contributed by atoms with Crippen LogP contribution in [0.5, 0.6) is 0 Å². The van der Waals surface area contributed by atoms with Crippen LogP contribution >= 0.6 is 0 Å². The van der Waals surface area contributed by atoms with E-state index in [1.165, 1.54) is 6.08 Å². The van der Waals surface area contributed by atoms with Gasteiger partial charge in [0, 0.05) is 12.8 Å². The van der Waals surface area contributed by atoms with E-state index in [4.69, 9.17) is 5.11 Å². The van der Waals surface area contributed by atoms with E-state index in [1.807, 2.05) is 0 Å². The summed E-state index contributed by atoms with van der Waals surface area (Å²) in [4.78, 5) is 0. The van der Waals surface area contributed by atoms with Crippen LogP contribution in [0.15, 0.2) is 12.2 Å². The SMILES string of the molecule is OC/C=C/C1CC(F)(F)C1. The molecule has 0 heterocycles. The molecular formula is C7H10F2O. The molecule has 1 aliphatic carbocycles. The molecule has 0 aliphatic heterocycles. The highest BCUT2D eigenvalue weighted by Gasteiger charge is 2.43. The molecule has 0 saturated heterocycles. The molecule has 1 rings (SSSR count). The van der Waals surface area contributed by atoms with Crippen molar-refractivity contribution in [2.24, 2.45) is 5.92 Å². The van der Waals surface area contributed by atoms with E-state index in [1.54, 1.807) is 6.08 Å². The van der Waals surface area contributed by atoms with Gasteiger partial charge in [-0.3, -0.25) is 0 Å². The number of hydrogen-bond acceptors (Lipinski definition) is 1. The van der Waals surface area contributed by atoms with Gasteiger partial charge in [0.05, 0.1) is 6.61 Å². The first-order valence-electron chi connectivity index (χ1n) is 3.29. The first kappa shape index (κ1) is 7.66. The van der Waals surface area contributed by atoms with Gasteiger partial charge >= 0.3 is 0 Å². The van der Waals surface area contributed by atoms with Crippen LogP contribution in [-0.2, 0) is 0 Å². The molecule has 0 unspecified atom stereocenters. The van der Waals surface area contributed by atoms with Gasteiger partial charge < -0.3 is 5.11 Å². The number of aliphatic hydroxyl groups excluding tert-OH is 1. The highest BCUT2D eigenvalue weighted by molar-refractivity contribution is 4.99. The normalized spacial score (nSPS) is 25.1. The maximum atomic E-state index is 12.1. The lowest BCUT2D eigenvalue weighted by Gasteiger charge is -2.32. The Bertz CT molecular complexity index is 135. The van der Waals surface area contributed by atoms with Gasteiger partial charge in [0.25, 0.3) is 0 Å². The maximum absolute atomic E-state index is 12.1. The topological polar surface area (TPSA) is 20.2 Å². The quantitative estimate of drug-likeness (QED) is 0.589. The van der Waals surface area contributed by atoms with Gasteiger partial charge in [-0.05, 0) is 5.92 Å². The van der Waals surface area contributed by atoms with Crippen molar-refractivity contribution in [3.63, 3.8) is 0 Å². The Morgan fingerprint density at radius 1 is 1.50 bits per heavy atom. The van der Waals surface area contributed by atoms with Crippen LogP contribution in [0, 0.1) is 5.92 Å². The van der Waals surface area contributed by atoms with Crippen molar-refractivity contribution in [3.8, 4) is 0 Å². The highest BCUT2D eigenvalue weighted by atomic mass is 19.3. The third-order valence-corrected chi connectivity index (χ3v) is 1.64. The molecule has 10 heavy (non-hydrogen) atoms. The summed E-state index contributed by atoms with van der Waals surface area (Å²) in [6.45, 7) is -0.0535. The van der Waals surface area contributed by atoms with Crippen LogP contribution in [0.4, 0.5) is 8.78 Å². The van der Waals surface area contributed by atoms with E-state index in [0.29, 0.717) is 0 Å². The summed E-state index contributed by atoms with van der Waals surface area (Å²) >= 11 is 0. The van der Waals surface area contributed by atoms with Gasteiger partial charge in [0.1, 0.15) is 0 Å². The van der Waals surface area contributed by atoms with Crippen molar-refractivity contribution in [2.45, 2.75) is 18.8 Å². The number of hydrogen-bond donors (Lipinski definition) is 1. The van der Waals surface area contributed by atoms with E-state index in [9.17, 15) is 8.78 Å². The summed E-state index contributed by atoms with van der Waals surface area (Å²) in [5, 5.41) is 8.29. The summed E-state index contributed by atoms with van der Waals surface area (Å²) in [5.41, 5.74) is 0. The van der Waals surface area contributed by atoms with Crippen molar-refractivity contribution in [3.05, 3.63) is 12.2 Å². The number of halogens is 2. The summed E-state index contributed by atoms with van der Waals surface area (Å²) in [7, 11) is 0. The molecule has 1 aliphatic rings. The first-order valence-corrected chi connectivity index (χ1v) is 3.29. The fraction of sp³-hybridized carbons (Fsp3) is 0.714. The molecule has 1 saturated carbocycles. The Morgan fingerprint density at radius 2 is 2.10 bits per heavy atom. The van der Waals surface area contributed by atoms with Crippen LogP contribution in [0.2, 0.25) is 0 Å².